The molecule has 0 fully saturated rings. The Hall–Kier alpha value is -2.34. The van der Waals surface area contributed by atoms with Crippen LogP contribution in [0.25, 0.3) is 10.9 Å². The molecule has 3 N–H and O–H groups in total. The lowest BCUT2D eigenvalue weighted by atomic mass is 10.0. The second kappa shape index (κ2) is 7.50. The highest BCUT2D eigenvalue weighted by Crippen LogP contribution is 2.31. The zero-order valence-corrected chi connectivity index (χ0v) is 15.5. The average molecular weight is 409 g/mol. The summed E-state index contributed by atoms with van der Waals surface area (Å²) in [5, 5.41) is 4.18. The molecule has 2 amide bonds. The first kappa shape index (κ1) is 18.5. The number of amides is 2. The number of fused-ring (bicyclic) bond motifs is 1. The molecular weight excluding hydrogens is 397 g/mol. The number of aromatic nitrogens is 1. The van der Waals surface area contributed by atoms with E-state index in [1.807, 2.05) is 0 Å². The van der Waals surface area contributed by atoms with Crippen molar-refractivity contribution in [3.63, 3.8) is 0 Å². The van der Waals surface area contributed by atoms with Crippen molar-refractivity contribution in [2.24, 2.45) is 5.73 Å². The molecule has 3 aromatic rings. The Bertz CT molecular complexity index is 1020. The highest BCUT2D eigenvalue weighted by atomic mass is 35.5. The van der Waals surface area contributed by atoms with E-state index in [0.717, 1.165) is 0 Å². The molecule has 3 rings (SSSR count). The van der Waals surface area contributed by atoms with Gasteiger partial charge in [-0.2, -0.15) is 0 Å². The average Bonchev–Trinajstić information content (AvgIpc) is 2.57. The number of anilines is 1. The van der Waals surface area contributed by atoms with Crippen LogP contribution in [0.4, 0.5) is 5.69 Å². The number of carbonyl (C=O) groups excluding carboxylic acids is 2. The number of nitrogens with zero attached hydrogens (tertiary/aromatic N) is 1. The van der Waals surface area contributed by atoms with Gasteiger partial charge in [-0.1, -0.05) is 53.0 Å². The number of carbonyl (C=O) groups is 2. The van der Waals surface area contributed by atoms with Gasteiger partial charge in [0.15, 0.2) is 0 Å². The van der Waals surface area contributed by atoms with Crippen LogP contribution in [-0.2, 0) is 11.2 Å². The van der Waals surface area contributed by atoms with Crippen LogP contribution < -0.4 is 11.1 Å². The third-order valence-electron chi connectivity index (χ3n) is 3.75. The molecular formula is C18H12Cl3N3O2. The number of hydrogen-bond donors (Lipinski definition) is 2. The topological polar surface area (TPSA) is 85.1 Å². The van der Waals surface area contributed by atoms with E-state index in [4.69, 9.17) is 40.5 Å². The molecule has 0 aliphatic carbocycles. The molecule has 8 heteroatoms. The summed E-state index contributed by atoms with van der Waals surface area (Å²) in [5.74, 6) is -0.988. The van der Waals surface area contributed by atoms with Crippen LogP contribution in [0.5, 0.6) is 0 Å². The normalized spacial score (nSPS) is 10.7. The standard InChI is InChI=1S/C18H12Cl3N3O2/c19-11-4-2-5-12(20)16(11)18(26)24-14-6-1-3-9-10(7-15(22)25)13(21)8-23-17(9)14/h1-6,8H,7H2,(H2,22,25)(H,24,26). The molecule has 0 radical (unpaired) electrons. The molecule has 0 atom stereocenters. The summed E-state index contributed by atoms with van der Waals surface area (Å²) in [6, 6.07) is 9.96. The first-order chi connectivity index (χ1) is 12.4. The van der Waals surface area contributed by atoms with Gasteiger partial charge in [-0.3, -0.25) is 14.6 Å². The summed E-state index contributed by atoms with van der Waals surface area (Å²) >= 11 is 18.3. The molecule has 1 aromatic heterocycles. The van der Waals surface area contributed by atoms with Gasteiger partial charge in [0.05, 0.1) is 38.3 Å². The SMILES string of the molecule is NC(=O)Cc1c(Cl)cnc2c(NC(=O)c3c(Cl)cccc3Cl)cccc12. The maximum Gasteiger partial charge on any atom is 0.258 e. The van der Waals surface area contributed by atoms with E-state index in [-0.39, 0.29) is 22.0 Å². The third-order valence-corrected chi connectivity index (χ3v) is 4.70. The predicted octanol–water partition coefficient (Wildman–Crippen LogP) is 4.48. The molecule has 132 valence electrons. The van der Waals surface area contributed by atoms with Crippen LogP contribution in [0.3, 0.4) is 0 Å². The summed E-state index contributed by atoms with van der Waals surface area (Å²) in [6.07, 6.45) is 1.38. The molecule has 2 aromatic carbocycles. The van der Waals surface area contributed by atoms with Crippen molar-refractivity contribution in [1.29, 1.82) is 0 Å². The monoisotopic (exact) mass is 407 g/mol. The zero-order valence-electron chi connectivity index (χ0n) is 13.2. The Morgan fingerprint density at radius 2 is 1.65 bits per heavy atom. The summed E-state index contributed by atoms with van der Waals surface area (Å²) < 4.78 is 0. The molecule has 0 spiro atoms. The van der Waals surface area contributed by atoms with E-state index in [9.17, 15) is 9.59 Å². The maximum atomic E-state index is 12.6. The summed E-state index contributed by atoms with van der Waals surface area (Å²) in [4.78, 5) is 28.2. The van der Waals surface area contributed by atoms with E-state index in [0.29, 0.717) is 27.2 Å². The smallest absolute Gasteiger partial charge is 0.258 e. The van der Waals surface area contributed by atoms with Gasteiger partial charge in [-0.15, -0.1) is 0 Å². The number of para-hydroxylation sites is 1. The van der Waals surface area contributed by atoms with Crippen molar-refractivity contribution in [2.75, 3.05) is 5.32 Å². The lowest BCUT2D eigenvalue weighted by Crippen LogP contribution is -2.15. The van der Waals surface area contributed by atoms with Crippen molar-refractivity contribution >= 4 is 63.2 Å². The fourth-order valence-corrected chi connectivity index (χ4v) is 3.39. The molecule has 0 aliphatic heterocycles. The van der Waals surface area contributed by atoms with Gasteiger partial charge >= 0.3 is 0 Å². The van der Waals surface area contributed by atoms with Gasteiger partial charge in [0, 0.05) is 11.6 Å². The van der Waals surface area contributed by atoms with Crippen molar-refractivity contribution in [1.82, 2.24) is 4.98 Å². The number of hydrogen-bond acceptors (Lipinski definition) is 3. The summed E-state index contributed by atoms with van der Waals surface area (Å²) in [7, 11) is 0. The molecule has 5 nitrogen and oxygen atoms in total. The minimum absolute atomic E-state index is 0.0361. The highest BCUT2D eigenvalue weighted by molar-refractivity contribution is 6.40. The zero-order chi connectivity index (χ0) is 18.8. The lowest BCUT2D eigenvalue weighted by Gasteiger charge is -2.12. The Morgan fingerprint density at radius 3 is 2.31 bits per heavy atom. The Balaban J connectivity index is 2.06. The van der Waals surface area contributed by atoms with Crippen LogP contribution in [0, 0.1) is 0 Å². The number of primary amides is 1. The highest BCUT2D eigenvalue weighted by Gasteiger charge is 2.17. The van der Waals surface area contributed by atoms with Gasteiger partial charge in [0.2, 0.25) is 5.91 Å². The van der Waals surface area contributed by atoms with Crippen LogP contribution in [0.15, 0.2) is 42.6 Å². The predicted molar refractivity (Wildman–Crippen MR) is 104 cm³/mol. The number of rotatable bonds is 4. The van der Waals surface area contributed by atoms with Gasteiger partial charge < -0.3 is 11.1 Å². The number of pyridine rings is 1. The van der Waals surface area contributed by atoms with Crippen LogP contribution in [0.1, 0.15) is 15.9 Å². The second-order valence-corrected chi connectivity index (χ2v) is 6.70. The van der Waals surface area contributed by atoms with Gasteiger partial charge in [-0.05, 0) is 23.8 Å². The van der Waals surface area contributed by atoms with E-state index < -0.39 is 11.8 Å². The van der Waals surface area contributed by atoms with Crippen molar-refractivity contribution in [3.8, 4) is 0 Å². The second-order valence-electron chi connectivity index (χ2n) is 5.48. The van der Waals surface area contributed by atoms with Gasteiger partial charge in [0.25, 0.3) is 5.91 Å². The molecule has 0 saturated carbocycles. The summed E-state index contributed by atoms with van der Waals surface area (Å²) in [5.41, 5.74) is 6.93. The van der Waals surface area contributed by atoms with Crippen LogP contribution in [0.2, 0.25) is 15.1 Å². The Labute approximate surface area is 164 Å². The molecule has 0 bridgehead atoms. The van der Waals surface area contributed by atoms with Crippen LogP contribution in [-0.4, -0.2) is 16.8 Å². The third kappa shape index (κ3) is 3.60. The fraction of sp³-hybridized carbons (Fsp3) is 0.0556. The number of nitrogens with one attached hydrogen (secondary N) is 1. The molecule has 1 heterocycles. The Morgan fingerprint density at radius 1 is 1.00 bits per heavy atom. The lowest BCUT2D eigenvalue weighted by molar-refractivity contribution is -0.117. The number of halogens is 3. The van der Waals surface area contributed by atoms with E-state index >= 15 is 0 Å². The quantitative estimate of drug-likeness (QED) is 0.667. The maximum absolute atomic E-state index is 12.6. The fourth-order valence-electron chi connectivity index (χ4n) is 2.61. The first-order valence-corrected chi connectivity index (χ1v) is 8.61. The van der Waals surface area contributed by atoms with Crippen molar-refractivity contribution in [3.05, 3.63) is 68.8 Å². The van der Waals surface area contributed by atoms with E-state index in [2.05, 4.69) is 10.3 Å². The van der Waals surface area contributed by atoms with Gasteiger partial charge in [0.1, 0.15) is 0 Å². The number of nitrogens with two attached hydrogens (primary N) is 1. The Kier molecular flexibility index (Phi) is 5.32. The van der Waals surface area contributed by atoms with Crippen LogP contribution >= 0.6 is 34.8 Å². The summed E-state index contributed by atoms with van der Waals surface area (Å²) in [6.45, 7) is 0. The van der Waals surface area contributed by atoms with Gasteiger partial charge in [-0.25, -0.2) is 0 Å². The molecule has 0 saturated heterocycles. The minimum Gasteiger partial charge on any atom is -0.369 e. The molecule has 26 heavy (non-hydrogen) atoms. The van der Waals surface area contributed by atoms with E-state index in [1.54, 1.807) is 36.4 Å². The minimum atomic E-state index is -0.517. The molecule has 0 aliphatic rings. The first-order valence-electron chi connectivity index (χ1n) is 7.48. The van der Waals surface area contributed by atoms with E-state index in [1.165, 1.54) is 6.20 Å². The largest absolute Gasteiger partial charge is 0.369 e. The number of benzene rings is 2. The van der Waals surface area contributed by atoms with Crippen molar-refractivity contribution in [2.45, 2.75) is 6.42 Å². The van der Waals surface area contributed by atoms with Crippen molar-refractivity contribution < 1.29 is 9.59 Å². The molecule has 0 unspecified atom stereocenters.